The third-order valence-electron chi connectivity index (χ3n) is 6.00. The van der Waals surface area contributed by atoms with E-state index in [9.17, 15) is 0 Å². The molecule has 5 aromatic carbocycles. The van der Waals surface area contributed by atoms with Gasteiger partial charge in [0.25, 0.3) is 0 Å². The summed E-state index contributed by atoms with van der Waals surface area (Å²) in [5.74, 6) is 0. The molecule has 0 aliphatic carbocycles. The SMILES string of the molecule is C(=NCc1ccccc1)c1ccccc1N=NN=P(c1ccccc1)(c1ccccc1)c1ccccc1. The van der Waals surface area contributed by atoms with Crippen molar-refractivity contribution in [2.75, 3.05) is 0 Å². The maximum Gasteiger partial charge on any atom is 0.0962 e. The standard InChI is InChI=1S/C32H27N4P/c1-5-15-27(16-6-1)25-33-26-28-17-13-14-24-32(28)34-35-36-37(29-18-7-2-8-19-29,30-20-9-3-10-21-30)31-22-11-4-12-23-31/h1-24,26H,25H2. The molecule has 0 spiro atoms. The second-order valence-electron chi connectivity index (χ2n) is 8.44. The van der Waals surface area contributed by atoms with Crippen molar-refractivity contribution in [1.82, 2.24) is 0 Å². The van der Waals surface area contributed by atoms with Crippen LogP contribution in [0.15, 0.2) is 166 Å². The van der Waals surface area contributed by atoms with Crippen LogP contribution >= 0.6 is 7.05 Å². The number of aliphatic imine (C=N–C) groups is 1. The van der Waals surface area contributed by atoms with Crippen LogP contribution in [0, 0.1) is 0 Å². The van der Waals surface area contributed by atoms with Gasteiger partial charge in [0.05, 0.1) is 19.3 Å². The number of nitrogens with zero attached hydrogens (tertiary/aromatic N) is 4. The first-order valence-electron chi connectivity index (χ1n) is 12.2. The molecule has 0 radical (unpaired) electrons. The Morgan fingerprint density at radius 3 is 1.51 bits per heavy atom. The molecule has 0 heterocycles. The largest absolute Gasteiger partial charge is 0.288 e. The molecule has 0 saturated heterocycles. The van der Waals surface area contributed by atoms with E-state index in [2.05, 4.69) is 100 Å². The molecule has 0 N–H and O–H groups in total. The lowest BCUT2D eigenvalue weighted by Crippen LogP contribution is -2.25. The number of hydrogen-bond donors (Lipinski definition) is 0. The molecule has 0 saturated carbocycles. The molecule has 5 heteroatoms. The molecule has 0 atom stereocenters. The maximum atomic E-state index is 5.06. The van der Waals surface area contributed by atoms with Gasteiger partial charge in [0.15, 0.2) is 0 Å². The van der Waals surface area contributed by atoms with E-state index >= 15 is 0 Å². The van der Waals surface area contributed by atoms with Crippen LogP contribution in [-0.4, -0.2) is 6.21 Å². The van der Waals surface area contributed by atoms with Gasteiger partial charge in [0.1, 0.15) is 0 Å². The molecule has 0 unspecified atom stereocenters. The summed E-state index contributed by atoms with van der Waals surface area (Å²) in [5.41, 5.74) is 2.80. The summed E-state index contributed by atoms with van der Waals surface area (Å²) >= 11 is 0. The van der Waals surface area contributed by atoms with E-state index in [1.54, 1.807) is 0 Å². The normalized spacial score (nSPS) is 11.7. The Labute approximate surface area is 218 Å². The highest BCUT2D eigenvalue weighted by molar-refractivity contribution is 7.87. The summed E-state index contributed by atoms with van der Waals surface area (Å²) in [6.45, 7) is 0.612. The molecule has 180 valence electrons. The lowest BCUT2D eigenvalue weighted by molar-refractivity contribution is 1.07. The second-order valence-corrected chi connectivity index (χ2v) is 11.4. The van der Waals surface area contributed by atoms with Crippen LogP contribution in [0.2, 0.25) is 0 Å². The zero-order valence-electron chi connectivity index (χ0n) is 20.4. The van der Waals surface area contributed by atoms with Gasteiger partial charge in [-0.25, -0.2) is 0 Å². The Bertz CT molecular complexity index is 1430. The lowest BCUT2D eigenvalue weighted by atomic mass is 10.2. The van der Waals surface area contributed by atoms with Crippen molar-refractivity contribution in [1.29, 1.82) is 0 Å². The van der Waals surface area contributed by atoms with Gasteiger partial charge < -0.3 is 0 Å². The first-order valence-corrected chi connectivity index (χ1v) is 13.9. The van der Waals surface area contributed by atoms with Gasteiger partial charge in [-0.05, 0) is 16.9 Å². The summed E-state index contributed by atoms with van der Waals surface area (Å²) < 4.78 is 0. The van der Waals surface area contributed by atoms with Crippen molar-refractivity contribution in [3.8, 4) is 0 Å². The molecular formula is C32H27N4P. The second kappa shape index (κ2) is 12.0. The molecule has 5 aromatic rings. The van der Waals surface area contributed by atoms with Crippen LogP contribution in [0.5, 0.6) is 0 Å². The van der Waals surface area contributed by atoms with E-state index in [1.165, 1.54) is 0 Å². The fourth-order valence-corrected chi connectivity index (χ4v) is 7.36. The van der Waals surface area contributed by atoms with Crippen molar-refractivity contribution in [3.05, 3.63) is 157 Å². The van der Waals surface area contributed by atoms with Crippen LogP contribution in [0.25, 0.3) is 0 Å². The van der Waals surface area contributed by atoms with E-state index in [0.29, 0.717) is 6.54 Å². The van der Waals surface area contributed by atoms with E-state index in [-0.39, 0.29) is 0 Å². The Morgan fingerprint density at radius 2 is 0.973 bits per heavy atom. The highest BCUT2D eigenvalue weighted by Crippen LogP contribution is 2.46. The smallest absolute Gasteiger partial charge is 0.0962 e. The van der Waals surface area contributed by atoms with Gasteiger partial charge in [-0.1, -0.05) is 140 Å². The van der Waals surface area contributed by atoms with Crippen LogP contribution in [0.1, 0.15) is 11.1 Å². The fourth-order valence-electron chi connectivity index (χ4n) is 4.18. The number of benzene rings is 5. The zero-order valence-corrected chi connectivity index (χ0v) is 21.3. The quantitative estimate of drug-likeness (QED) is 0.0922. The molecule has 0 aliphatic rings. The van der Waals surface area contributed by atoms with Gasteiger partial charge in [-0.3, -0.25) is 4.99 Å². The molecule has 37 heavy (non-hydrogen) atoms. The minimum Gasteiger partial charge on any atom is -0.288 e. The highest BCUT2D eigenvalue weighted by Gasteiger charge is 2.27. The summed E-state index contributed by atoms with van der Waals surface area (Å²) in [5, 5.41) is 12.5. The zero-order chi connectivity index (χ0) is 25.2. The van der Waals surface area contributed by atoms with Crippen molar-refractivity contribution >= 4 is 34.9 Å². The molecule has 0 fully saturated rings. The van der Waals surface area contributed by atoms with Gasteiger partial charge in [0, 0.05) is 27.7 Å². The van der Waals surface area contributed by atoms with E-state index < -0.39 is 7.05 Å². The van der Waals surface area contributed by atoms with Crippen molar-refractivity contribution in [3.63, 3.8) is 0 Å². The number of hydrogen-bond acceptors (Lipinski definition) is 2. The predicted octanol–water partition coefficient (Wildman–Crippen LogP) is 7.48. The van der Waals surface area contributed by atoms with E-state index in [0.717, 1.165) is 32.7 Å². The minimum absolute atomic E-state index is 0.612. The van der Waals surface area contributed by atoms with Gasteiger partial charge in [-0.15, -0.1) is 9.97 Å². The van der Waals surface area contributed by atoms with Crippen molar-refractivity contribution in [2.24, 2.45) is 20.2 Å². The molecule has 0 aromatic heterocycles. The summed E-state index contributed by atoms with van der Waals surface area (Å²) in [6.07, 6.45) is 1.86. The molecule has 0 bridgehead atoms. The Hall–Kier alpha value is -4.40. The van der Waals surface area contributed by atoms with Gasteiger partial charge in [0.2, 0.25) is 0 Å². The summed E-state index contributed by atoms with van der Waals surface area (Å²) in [7, 11) is -2.44. The monoisotopic (exact) mass is 498 g/mol. The first-order chi connectivity index (χ1) is 18.4. The Morgan fingerprint density at radius 1 is 0.514 bits per heavy atom. The third-order valence-corrected chi connectivity index (χ3v) is 9.48. The molecule has 0 amide bonds. The Kier molecular flexibility index (Phi) is 7.90. The van der Waals surface area contributed by atoms with E-state index in [1.807, 2.05) is 66.9 Å². The molecule has 4 nitrogen and oxygen atoms in total. The first kappa shape index (κ1) is 24.3. The average molecular weight is 499 g/mol. The predicted molar refractivity (Wildman–Crippen MR) is 156 cm³/mol. The summed E-state index contributed by atoms with van der Waals surface area (Å²) in [4.78, 5) is 9.68. The minimum atomic E-state index is -2.44. The Balaban J connectivity index is 1.58. The third kappa shape index (κ3) is 5.72. The molecule has 0 aliphatic heterocycles. The van der Waals surface area contributed by atoms with Crippen molar-refractivity contribution < 1.29 is 0 Å². The lowest BCUT2D eigenvalue weighted by Gasteiger charge is -2.24. The van der Waals surface area contributed by atoms with Gasteiger partial charge >= 0.3 is 0 Å². The molecule has 5 rings (SSSR count). The van der Waals surface area contributed by atoms with Crippen LogP contribution < -0.4 is 15.9 Å². The van der Waals surface area contributed by atoms with Crippen molar-refractivity contribution in [2.45, 2.75) is 6.54 Å². The number of rotatable bonds is 8. The maximum absolute atomic E-state index is 5.06. The van der Waals surface area contributed by atoms with Crippen LogP contribution in [-0.2, 0) is 6.54 Å². The van der Waals surface area contributed by atoms with Gasteiger partial charge in [-0.2, -0.15) is 0 Å². The average Bonchev–Trinajstić information content (AvgIpc) is 2.98. The van der Waals surface area contributed by atoms with E-state index in [4.69, 9.17) is 4.85 Å². The van der Waals surface area contributed by atoms with Crippen LogP contribution in [0.4, 0.5) is 5.69 Å². The topological polar surface area (TPSA) is 49.4 Å². The summed E-state index contributed by atoms with van der Waals surface area (Å²) in [6, 6.07) is 49.3. The van der Waals surface area contributed by atoms with Crippen LogP contribution in [0.3, 0.4) is 0 Å². The fraction of sp³-hybridized carbons (Fsp3) is 0.0312. The molecular weight excluding hydrogens is 471 g/mol. The highest BCUT2D eigenvalue weighted by atomic mass is 31.2.